The molecule has 0 amide bonds. The van der Waals surface area contributed by atoms with E-state index in [0.717, 1.165) is 18.2 Å². The zero-order valence-corrected chi connectivity index (χ0v) is 23.1. The average Bonchev–Trinajstić information content (AvgIpc) is 2.99. The molecule has 5 rings (SSSR count). The Bertz CT molecular complexity index is 1620. The number of carboxylic acids is 2. The summed E-state index contributed by atoms with van der Waals surface area (Å²) in [7, 11) is 1.48. The van der Waals surface area contributed by atoms with Gasteiger partial charge in [0.05, 0.1) is 7.11 Å². The number of ether oxygens (including phenoxy) is 5. The van der Waals surface area contributed by atoms with E-state index in [1.54, 1.807) is 24.3 Å². The molecule has 2 saturated heterocycles. The number of fused-ring (bicyclic) bond motifs is 1. The maximum atomic E-state index is 12.9. The number of aliphatic hydroxyl groups is 5. The van der Waals surface area contributed by atoms with Gasteiger partial charge in [-0.3, -0.25) is 4.79 Å². The van der Waals surface area contributed by atoms with Gasteiger partial charge in [-0.05, 0) is 24.3 Å². The highest BCUT2D eigenvalue weighted by atomic mass is 16.8. The lowest BCUT2D eigenvalue weighted by Gasteiger charge is -2.44. The van der Waals surface area contributed by atoms with Gasteiger partial charge in [0.15, 0.2) is 30.0 Å². The van der Waals surface area contributed by atoms with Crippen LogP contribution in [0.2, 0.25) is 0 Å². The van der Waals surface area contributed by atoms with E-state index in [1.165, 1.54) is 7.11 Å². The molecule has 0 bridgehead atoms. The maximum Gasteiger partial charge on any atom is 0.335 e. The summed E-state index contributed by atoms with van der Waals surface area (Å²) >= 11 is 0. The molecular weight excluding hydrogens is 608 g/mol. The van der Waals surface area contributed by atoms with Crippen molar-refractivity contribution >= 4 is 22.9 Å². The summed E-state index contributed by atoms with van der Waals surface area (Å²) in [5.41, 5.74) is -0.327. The van der Waals surface area contributed by atoms with E-state index in [0.29, 0.717) is 11.3 Å². The fraction of sp³-hybridized carbons (Fsp3) is 0.393. The van der Waals surface area contributed by atoms with Crippen LogP contribution < -0.4 is 14.9 Å². The van der Waals surface area contributed by atoms with Gasteiger partial charge in [0.1, 0.15) is 64.5 Å². The number of hydrogen-bond donors (Lipinski definition) is 8. The Morgan fingerprint density at radius 3 is 1.96 bits per heavy atom. The van der Waals surface area contributed by atoms with Gasteiger partial charge in [0, 0.05) is 23.8 Å². The molecule has 0 saturated carbocycles. The Hall–Kier alpha value is -4.33. The number of rotatable bonds is 8. The molecule has 10 unspecified atom stereocenters. The van der Waals surface area contributed by atoms with E-state index in [1.807, 2.05) is 0 Å². The second-order valence-corrected chi connectivity index (χ2v) is 10.2. The Balaban J connectivity index is 1.49. The van der Waals surface area contributed by atoms with Crippen LogP contribution in [0.1, 0.15) is 0 Å². The molecule has 2 aromatic carbocycles. The molecule has 1 aromatic heterocycles. The summed E-state index contributed by atoms with van der Waals surface area (Å²) in [5, 5.41) is 80.9. The fourth-order valence-electron chi connectivity index (χ4n) is 4.94. The first-order valence-electron chi connectivity index (χ1n) is 13.2. The number of hydrogen-bond acceptors (Lipinski definition) is 15. The minimum absolute atomic E-state index is 0.100. The summed E-state index contributed by atoms with van der Waals surface area (Å²) in [5.74, 6) is -3.74. The van der Waals surface area contributed by atoms with Crippen molar-refractivity contribution < 1.29 is 78.5 Å². The van der Waals surface area contributed by atoms with Crippen molar-refractivity contribution in [2.75, 3.05) is 7.11 Å². The first-order valence-corrected chi connectivity index (χ1v) is 13.2. The van der Waals surface area contributed by atoms with Gasteiger partial charge in [0.2, 0.25) is 6.29 Å². The highest BCUT2D eigenvalue weighted by molar-refractivity contribution is 5.86. The lowest BCUT2D eigenvalue weighted by Crippen LogP contribution is -2.66. The minimum atomic E-state index is -2.14. The van der Waals surface area contributed by atoms with Crippen molar-refractivity contribution in [1.82, 2.24) is 0 Å². The van der Waals surface area contributed by atoms with E-state index < -0.39 is 84.5 Å². The number of carboxylic acid groups (broad SMARTS) is 2. The number of aliphatic carboxylic acids is 2. The quantitative estimate of drug-likeness (QED) is 0.138. The second-order valence-electron chi connectivity index (χ2n) is 10.2. The fourth-order valence-corrected chi connectivity index (χ4v) is 4.94. The number of aliphatic hydroxyl groups excluding tert-OH is 5. The SMILES string of the molecule is COc1ccc(-c2cc(=O)c3c(O)cc(OC4OC(C(=O)O)C(O)C(O)C4OC4OC(C(=O)O)C(O)C(O)C4O)cc3o2)cc1. The maximum absolute atomic E-state index is 12.9. The summed E-state index contributed by atoms with van der Waals surface area (Å²) in [6.07, 6.45) is -20.7. The lowest BCUT2D eigenvalue weighted by molar-refractivity contribution is -0.350. The lowest BCUT2D eigenvalue weighted by atomic mass is 9.97. The molecule has 8 N–H and O–H groups in total. The monoisotopic (exact) mass is 636 g/mol. The van der Waals surface area contributed by atoms with Gasteiger partial charge >= 0.3 is 11.9 Å². The minimum Gasteiger partial charge on any atom is -0.507 e. The van der Waals surface area contributed by atoms with Gasteiger partial charge in [-0.1, -0.05) is 0 Å². The Labute approximate surface area is 251 Å². The first kappa shape index (κ1) is 32.1. The first-order chi connectivity index (χ1) is 21.3. The molecule has 2 aliphatic heterocycles. The van der Waals surface area contributed by atoms with Gasteiger partial charge in [-0.25, -0.2) is 9.59 Å². The van der Waals surface area contributed by atoms with Crippen molar-refractivity contribution in [3.63, 3.8) is 0 Å². The molecular formula is C28H28O17. The van der Waals surface area contributed by atoms with Crippen LogP contribution in [0.4, 0.5) is 0 Å². The molecule has 0 spiro atoms. The molecule has 45 heavy (non-hydrogen) atoms. The molecule has 242 valence electrons. The summed E-state index contributed by atoms with van der Waals surface area (Å²) in [4.78, 5) is 36.1. The van der Waals surface area contributed by atoms with Crippen LogP contribution in [0.25, 0.3) is 22.3 Å². The van der Waals surface area contributed by atoms with Crippen molar-refractivity contribution in [3.05, 3.63) is 52.7 Å². The molecule has 3 heterocycles. The van der Waals surface area contributed by atoms with Crippen LogP contribution in [0, 0.1) is 0 Å². The zero-order chi connectivity index (χ0) is 32.7. The molecule has 2 fully saturated rings. The topological polar surface area (TPSA) is 272 Å². The molecule has 3 aromatic rings. The third kappa shape index (κ3) is 6.15. The number of phenolic OH excluding ortho intramolecular Hbond substituents is 1. The smallest absolute Gasteiger partial charge is 0.335 e. The second kappa shape index (κ2) is 12.6. The molecule has 17 heteroatoms. The Kier molecular flexibility index (Phi) is 8.97. The van der Waals surface area contributed by atoms with E-state index in [9.17, 15) is 55.2 Å². The number of carbonyl (C=O) groups is 2. The standard InChI is InChI=1S/C28H28O17/c1-40-10-4-2-9(3-5-10)14-8-13(30)16-12(29)6-11(7-15(16)42-14)41-28-24(20(34)19(33)23(44-28)26(38)39)45-27-21(35)17(31)18(32)22(43-27)25(36)37/h2-8,17-24,27-29,31-35H,1H3,(H,36,37)(H,38,39). The van der Waals surface area contributed by atoms with Crippen molar-refractivity contribution in [2.45, 2.75) is 61.4 Å². The van der Waals surface area contributed by atoms with Gasteiger partial charge in [-0.2, -0.15) is 0 Å². The predicted molar refractivity (Wildman–Crippen MR) is 144 cm³/mol. The Morgan fingerprint density at radius 1 is 0.756 bits per heavy atom. The Morgan fingerprint density at radius 2 is 1.36 bits per heavy atom. The van der Waals surface area contributed by atoms with Crippen LogP contribution in [0.15, 0.2) is 51.7 Å². The van der Waals surface area contributed by atoms with Crippen LogP contribution in [-0.4, -0.2) is 121 Å². The van der Waals surface area contributed by atoms with E-state index >= 15 is 0 Å². The van der Waals surface area contributed by atoms with Crippen LogP contribution in [0.3, 0.4) is 0 Å². The zero-order valence-electron chi connectivity index (χ0n) is 23.1. The van der Waals surface area contributed by atoms with E-state index in [-0.39, 0.29) is 22.5 Å². The third-order valence-corrected chi connectivity index (χ3v) is 7.30. The van der Waals surface area contributed by atoms with Crippen molar-refractivity contribution in [2.24, 2.45) is 0 Å². The number of aromatic hydroxyl groups is 1. The van der Waals surface area contributed by atoms with Crippen LogP contribution >= 0.6 is 0 Å². The van der Waals surface area contributed by atoms with Gasteiger partial charge in [0.25, 0.3) is 0 Å². The van der Waals surface area contributed by atoms with E-state index in [2.05, 4.69) is 0 Å². The van der Waals surface area contributed by atoms with Crippen molar-refractivity contribution in [3.8, 4) is 28.6 Å². The molecule has 17 nitrogen and oxygen atoms in total. The number of benzene rings is 2. The van der Waals surface area contributed by atoms with Crippen LogP contribution in [-0.2, 0) is 23.8 Å². The third-order valence-electron chi connectivity index (χ3n) is 7.30. The number of phenols is 1. The van der Waals surface area contributed by atoms with Gasteiger partial charge in [-0.15, -0.1) is 0 Å². The summed E-state index contributed by atoms with van der Waals surface area (Å²) in [6, 6.07) is 9.73. The van der Waals surface area contributed by atoms with Crippen molar-refractivity contribution in [1.29, 1.82) is 0 Å². The summed E-state index contributed by atoms with van der Waals surface area (Å²) < 4.78 is 32.5. The van der Waals surface area contributed by atoms with Gasteiger partial charge < -0.3 is 69.0 Å². The molecule has 10 atom stereocenters. The molecule has 0 aliphatic carbocycles. The highest BCUT2D eigenvalue weighted by Gasteiger charge is 2.54. The predicted octanol–water partition coefficient (Wildman–Crippen LogP) is -1.64. The molecule has 2 aliphatic rings. The summed E-state index contributed by atoms with van der Waals surface area (Å²) in [6.45, 7) is 0. The highest BCUT2D eigenvalue weighted by Crippen LogP contribution is 2.35. The number of methoxy groups -OCH3 is 1. The normalized spacial score (nSPS) is 31.8. The average molecular weight is 637 g/mol. The largest absolute Gasteiger partial charge is 0.507 e. The molecule has 0 radical (unpaired) electrons. The van der Waals surface area contributed by atoms with Crippen LogP contribution in [0.5, 0.6) is 17.2 Å². The van der Waals surface area contributed by atoms with E-state index in [4.69, 9.17) is 28.1 Å².